The molecule has 0 spiro atoms. The predicted octanol–water partition coefficient (Wildman–Crippen LogP) is 1.98. The molecular formula is C18H18N4O3S2. The molecule has 9 heteroatoms. The van der Waals surface area contributed by atoms with Crippen molar-refractivity contribution in [2.45, 2.75) is 6.42 Å². The number of nitrogens with one attached hydrogen (secondary N) is 2. The summed E-state index contributed by atoms with van der Waals surface area (Å²) in [6.45, 7) is 0.366. The molecule has 2 amide bonds. The van der Waals surface area contributed by atoms with Crippen molar-refractivity contribution >= 4 is 46.2 Å². The second-order valence-electron chi connectivity index (χ2n) is 5.72. The third-order valence-electron chi connectivity index (χ3n) is 3.86. The minimum absolute atomic E-state index is 0.0897. The standard InChI is InChI=1S/C18H18N4O3S2/c1-25-14-4-2-12(3-5-14)8-15-17(24)22(18(26)27-15)10-16(23)20-7-6-13-9-19-11-21-13/h2-5,8-9,11H,6-7,10H2,1H3,(H,19,21)(H,20,23). The van der Waals surface area contributed by atoms with Crippen LogP contribution in [0.1, 0.15) is 11.3 Å². The van der Waals surface area contributed by atoms with Gasteiger partial charge < -0.3 is 15.0 Å². The Labute approximate surface area is 166 Å². The number of carbonyl (C=O) groups excluding carboxylic acids is 2. The monoisotopic (exact) mass is 402 g/mol. The van der Waals surface area contributed by atoms with Crippen molar-refractivity contribution in [2.75, 3.05) is 20.2 Å². The second kappa shape index (κ2) is 8.83. The Morgan fingerprint density at radius 1 is 1.41 bits per heavy atom. The number of rotatable bonds is 7. The third kappa shape index (κ3) is 4.95. The lowest BCUT2D eigenvalue weighted by Gasteiger charge is -2.14. The minimum atomic E-state index is -0.260. The highest BCUT2D eigenvalue weighted by molar-refractivity contribution is 8.26. The number of hydrogen-bond acceptors (Lipinski definition) is 6. The maximum absolute atomic E-state index is 12.6. The van der Waals surface area contributed by atoms with Crippen LogP contribution in [0.15, 0.2) is 41.7 Å². The number of benzene rings is 1. The van der Waals surface area contributed by atoms with E-state index in [0.717, 1.165) is 17.0 Å². The van der Waals surface area contributed by atoms with Crippen molar-refractivity contribution in [3.8, 4) is 5.75 Å². The molecule has 0 bridgehead atoms. The first-order valence-electron chi connectivity index (χ1n) is 8.20. The SMILES string of the molecule is COc1ccc(C=C2SC(=S)N(CC(=O)NCCc3cnc[nH]3)C2=O)cc1. The highest BCUT2D eigenvalue weighted by Crippen LogP contribution is 2.32. The number of H-pyrrole nitrogens is 1. The van der Waals surface area contributed by atoms with Crippen LogP contribution < -0.4 is 10.1 Å². The number of aromatic nitrogens is 2. The van der Waals surface area contributed by atoms with Gasteiger partial charge in [0.05, 0.1) is 18.3 Å². The van der Waals surface area contributed by atoms with Gasteiger partial charge in [-0.05, 0) is 23.8 Å². The minimum Gasteiger partial charge on any atom is -0.497 e. The van der Waals surface area contributed by atoms with Gasteiger partial charge in [-0.1, -0.05) is 36.1 Å². The molecule has 27 heavy (non-hydrogen) atoms. The fourth-order valence-electron chi connectivity index (χ4n) is 2.45. The van der Waals surface area contributed by atoms with E-state index in [1.807, 2.05) is 24.3 Å². The van der Waals surface area contributed by atoms with E-state index >= 15 is 0 Å². The topological polar surface area (TPSA) is 87.3 Å². The summed E-state index contributed by atoms with van der Waals surface area (Å²) in [5.74, 6) is 0.229. The smallest absolute Gasteiger partial charge is 0.266 e. The van der Waals surface area contributed by atoms with Crippen molar-refractivity contribution in [3.05, 3.63) is 53.0 Å². The first-order valence-corrected chi connectivity index (χ1v) is 9.42. The van der Waals surface area contributed by atoms with Gasteiger partial charge in [-0.3, -0.25) is 14.5 Å². The van der Waals surface area contributed by atoms with E-state index in [9.17, 15) is 9.59 Å². The third-order valence-corrected chi connectivity index (χ3v) is 5.24. The van der Waals surface area contributed by atoms with Gasteiger partial charge in [0.15, 0.2) is 0 Å². The molecule has 1 aliphatic rings. The number of thioether (sulfide) groups is 1. The molecule has 2 aromatic rings. The number of ether oxygens (including phenoxy) is 1. The molecule has 140 valence electrons. The molecule has 2 heterocycles. The van der Waals surface area contributed by atoms with Gasteiger partial charge in [-0.15, -0.1) is 0 Å². The van der Waals surface area contributed by atoms with E-state index in [-0.39, 0.29) is 18.4 Å². The number of hydrogen-bond donors (Lipinski definition) is 2. The second-order valence-corrected chi connectivity index (χ2v) is 7.39. The van der Waals surface area contributed by atoms with E-state index in [1.54, 1.807) is 25.7 Å². The lowest BCUT2D eigenvalue weighted by Crippen LogP contribution is -2.40. The highest BCUT2D eigenvalue weighted by atomic mass is 32.2. The van der Waals surface area contributed by atoms with Gasteiger partial charge in [0.25, 0.3) is 5.91 Å². The maximum Gasteiger partial charge on any atom is 0.266 e. The van der Waals surface area contributed by atoms with Gasteiger partial charge in [-0.25, -0.2) is 4.98 Å². The van der Waals surface area contributed by atoms with E-state index in [0.29, 0.717) is 22.2 Å². The van der Waals surface area contributed by atoms with Crippen LogP contribution in [0.4, 0.5) is 0 Å². The van der Waals surface area contributed by atoms with Gasteiger partial charge in [0.2, 0.25) is 5.91 Å². The number of aromatic amines is 1. The zero-order chi connectivity index (χ0) is 19.2. The Balaban J connectivity index is 1.56. The summed E-state index contributed by atoms with van der Waals surface area (Å²) >= 11 is 6.46. The number of imidazole rings is 1. The van der Waals surface area contributed by atoms with Crippen molar-refractivity contribution in [2.24, 2.45) is 0 Å². The molecule has 0 saturated carbocycles. The predicted molar refractivity (Wildman–Crippen MR) is 108 cm³/mol. The number of methoxy groups -OCH3 is 1. The fourth-order valence-corrected chi connectivity index (χ4v) is 3.70. The van der Waals surface area contributed by atoms with Crippen molar-refractivity contribution < 1.29 is 14.3 Å². The number of nitrogens with zero attached hydrogens (tertiary/aromatic N) is 2. The fraction of sp³-hybridized carbons (Fsp3) is 0.222. The molecule has 1 aromatic heterocycles. The number of carbonyl (C=O) groups is 2. The number of thiocarbonyl (C=S) groups is 1. The summed E-state index contributed by atoms with van der Waals surface area (Å²) in [6, 6.07) is 7.35. The van der Waals surface area contributed by atoms with Crippen LogP contribution in [0, 0.1) is 0 Å². The van der Waals surface area contributed by atoms with Gasteiger partial charge in [0, 0.05) is 24.9 Å². The Morgan fingerprint density at radius 2 is 2.19 bits per heavy atom. The molecule has 0 atom stereocenters. The molecule has 0 unspecified atom stereocenters. The average molecular weight is 403 g/mol. The largest absolute Gasteiger partial charge is 0.497 e. The van der Waals surface area contributed by atoms with Crippen LogP contribution >= 0.6 is 24.0 Å². The van der Waals surface area contributed by atoms with Crippen LogP contribution in [0.2, 0.25) is 0 Å². The molecular weight excluding hydrogens is 384 g/mol. The van der Waals surface area contributed by atoms with Gasteiger partial charge in [0.1, 0.15) is 16.6 Å². The zero-order valence-electron chi connectivity index (χ0n) is 14.6. The van der Waals surface area contributed by atoms with Crippen LogP contribution in [-0.4, -0.2) is 51.2 Å². The summed E-state index contributed by atoms with van der Waals surface area (Å²) < 4.78 is 5.50. The van der Waals surface area contributed by atoms with Crippen LogP contribution in [0.5, 0.6) is 5.75 Å². The van der Waals surface area contributed by atoms with Gasteiger partial charge in [-0.2, -0.15) is 0 Å². The lowest BCUT2D eigenvalue weighted by molar-refractivity contribution is -0.128. The maximum atomic E-state index is 12.6. The molecule has 0 aliphatic carbocycles. The Kier molecular flexibility index (Phi) is 6.25. The van der Waals surface area contributed by atoms with E-state index < -0.39 is 0 Å². The summed E-state index contributed by atoms with van der Waals surface area (Å²) in [7, 11) is 1.60. The summed E-state index contributed by atoms with van der Waals surface area (Å²) in [5.41, 5.74) is 1.80. The molecule has 3 rings (SSSR count). The summed E-state index contributed by atoms with van der Waals surface area (Å²) in [4.78, 5) is 33.4. The Hall–Kier alpha value is -2.65. The highest BCUT2D eigenvalue weighted by Gasteiger charge is 2.33. The first-order chi connectivity index (χ1) is 13.1. The first kappa shape index (κ1) is 19.1. The van der Waals surface area contributed by atoms with Gasteiger partial charge >= 0.3 is 0 Å². The van der Waals surface area contributed by atoms with E-state index in [2.05, 4.69) is 15.3 Å². The average Bonchev–Trinajstić information content (AvgIpc) is 3.27. The molecule has 1 saturated heterocycles. The Bertz CT molecular complexity index is 863. The van der Waals surface area contributed by atoms with Crippen molar-refractivity contribution in [1.82, 2.24) is 20.2 Å². The Morgan fingerprint density at radius 3 is 2.85 bits per heavy atom. The van der Waals surface area contributed by atoms with Crippen LogP contribution in [0.3, 0.4) is 0 Å². The molecule has 7 nitrogen and oxygen atoms in total. The molecule has 1 aliphatic heterocycles. The van der Waals surface area contributed by atoms with Crippen LogP contribution in [0.25, 0.3) is 6.08 Å². The molecule has 2 N–H and O–H groups in total. The normalized spacial score (nSPS) is 15.4. The van der Waals surface area contributed by atoms with Crippen molar-refractivity contribution in [1.29, 1.82) is 0 Å². The zero-order valence-corrected chi connectivity index (χ0v) is 16.2. The quantitative estimate of drug-likeness (QED) is 0.544. The van der Waals surface area contributed by atoms with Crippen LogP contribution in [-0.2, 0) is 16.0 Å². The number of amides is 2. The molecule has 0 radical (unpaired) electrons. The lowest BCUT2D eigenvalue weighted by atomic mass is 10.2. The molecule has 1 aromatic carbocycles. The van der Waals surface area contributed by atoms with E-state index in [4.69, 9.17) is 17.0 Å². The van der Waals surface area contributed by atoms with E-state index in [1.165, 1.54) is 16.7 Å². The van der Waals surface area contributed by atoms with Crippen molar-refractivity contribution in [3.63, 3.8) is 0 Å². The summed E-state index contributed by atoms with van der Waals surface area (Å²) in [6.07, 6.45) is 5.70. The molecule has 1 fully saturated rings. The summed E-state index contributed by atoms with van der Waals surface area (Å²) in [5, 5.41) is 2.78.